The number of hydrogen-bond donors (Lipinski definition) is 4. The van der Waals surface area contributed by atoms with Gasteiger partial charge in [-0.25, -0.2) is 4.39 Å². The Kier molecular flexibility index (Phi) is 6.57. The van der Waals surface area contributed by atoms with Crippen LogP contribution in [0.1, 0.15) is 52.1 Å². The molecule has 4 N–H and O–H groups in total. The minimum absolute atomic E-state index is 0.0456. The fraction of sp³-hybridized carbons (Fsp3) is 0.290. The average Bonchev–Trinajstić information content (AvgIpc) is 3.71. The second kappa shape index (κ2) is 10.7. The summed E-state index contributed by atoms with van der Waals surface area (Å²) in [5.74, 6) is -0.380. The molecule has 41 heavy (non-hydrogen) atoms. The van der Waals surface area contributed by atoms with Crippen molar-refractivity contribution in [2.45, 2.75) is 45.7 Å². The third-order valence-corrected chi connectivity index (χ3v) is 6.98. The van der Waals surface area contributed by atoms with Gasteiger partial charge in [0.2, 0.25) is 0 Å². The summed E-state index contributed by atoms with van der Waals surface area (Å²) in [6, 6.07) is 12.7. The zero-order valence-electron chi connectivity index (χ0n) is 24.2. The van der Waals surface area contributed by atoms with Crippen molar-refractivity contribution < 1.29 is 5.76 Å². The fourth-order valence-corrected chi connectivity index (χ4v) is 4.73. The highest BCUT2D eigenvalue weighted by Gasteiger charge is 2.32. The summed E-state index contributed by atoms with van der Waals surface area (Å²) in [6.45, 7) is 6.99. The maximum atomic E-state index is 14.0. The summed E-state index contributed by atoms with van der Waals surface area (Å²) in [4.78, 5) is 4.69. The van der Waals surface area contributed by atoms with Gasteiger partial charge in [-0.1, -0.05) is 32.9 Å². The summed E-state index contributed by atoms with van der Waals surface area (Å²) in [5, 5.41) is 27.6. The molecule has 2 aliphatic rings. The van der Waals surface area contributed by atoms with Crippen LogP contribution in [-0.2, 0) is 0 Å². The van der Waals surface area contributed by atoms with Crippen LogP contribution in [0.3, 0.4) is 0 Å². The molecule has 208 valence electrons. The van der Waals surface area contributed by atoms with Crippen molar-refractivity contribution in [1.82, 2.24) is 31.2 Å². The maximum Gasteiger partial charge on any atom is 0.123 e. The number of halogens is 1. The van der Waals surface area contributed by atoms with Gasteiger partial charge in [-0.15, -0.1) is 5.53 Å². The monoisotopic (exact) mass is 550 g/mol. The number of aromatic nitrogens is 3. The van der Waals surface area contributed by atoms with Crippen molar-refractivity contribution in [3.63, 3.8) is 0 Å². The van der Waals surface area contributed by atoms with E-state index >= 15 is 0 Å². The topological polar surface area (TPSA) is 114 Å². The van der Waals surface area contributed by atoms with Gasteiger partial charge in [0, 0.05) is 47.2 Å². The maximum absolute atomic E-state index is 14.0. The summed E-state index contributed by atoms with van der Waals surface area (Å²) in [5.41, 5.74) is 11.3. The highest BCUT2D eigenvalue weighted by molar-refractivity contribution is 6.04. The van der Waals surface area contributed by atoms with Crippen molar-refractivity contribution in [2.24, 2.45) is 5.41 Å². The molecule has 10 heteroatoms. The number of nitriles is 1. The first-order valence-electron chi connectivity index (χ1n) is 14.1. The molecular formula is C31H32FN9. The molecule has 0 radical (unpaired) electrons. The number of fused-ring (bicyclic) bond motifs is 1. The first-order valence-corrected chi connectivity index (χ1v) is 13.6. The van der Waals surface area contributed by atoms with Gasteiger partial charge in [0.1, 0.15) is 11.9 Å². The van der Waals surface area contributed by atoms with Crippen molar-refractivity contribution in [1.29, 1.82) is 5.26 Å². The standard InChI is InChI=1S/C31H32FN9/c1-31(2,3)18-35-28-21(14-33)15-34-30-25(20-10-11-36-37-16-20)12-23(13-26(28)30)38-29(19-4-6-22(32)7-5-19)27-17-41(40-39-27)24-8-9-24/h4-7,10-13,15-17,24,29,38-40H,8-9,18H2,1-3H3,(H,34,35)/t29-/m1/s1/i29D. The van der Waals surface area contributed by atoms with E-state index in [0.717, 1.165) is 29.4 Å². The lowest BCUT2D eigenvalue weighted by atomic mass is 9.95. The second-order valence-electron chi connectivity index (χ2n) is 11.5. The number of anilines is 2. The number of pyridine rings is 1. The van der Waals surface area contributed by atoms with Gasteiger partial charge in [0.25, 0.3) is 0 Å². The van der Waals surface area contributed by atoms with Crippen molar-refractivity contribution in [3.8, 4) is 17.2 Å². The number of hydrazine groups is 2. The summed E-state index contributed by atoms with van der Waals surface area (Å²) >= 11 is 0. The lowest BCUT2D eigenvalue weighted by Gasteiger charge is -2.24. The Hall–Kier alpha value is -4.75. The molecule has 3 heterocycles. The van der Waals surface area contributed by atoms with Crippen LogP contribution in [0.2, 0.25) is 0 Å². The molecule has 2 aromatic heterocycles. The van der Waals surface area contributed by atoms with E-state index in [1.54, 1.807) is 30.7 Å². The summed E-state index contributed by atoms with van der Waals surface area (Å²) in [6.07, 6.45) is 8.88. The van der Waals surface area contributed by atoms with Gasteiger partial charge < -0.3 is 16.1 Å². The van der Waals surface area contributed by atoms with Gasteiger partial charge in [0.15, 0.2) is 0 Å². The van der Waals surface area contributed by atoms with Crippen molar-refractivity contribution in [2.75, 3.05) is 17.2 Å². The second-order valence-corrected chi connectivity index (χ2v) is 11.5. The Morgan fingerprint density at radius 3 is 2.66 bits per heavy atom. The third kappa shape index (κ3) is 5.76. The molecule has 1 aliphatic heterocycles. The van der Waals surface area contributed by atoms with E-state index in [2.05, 4.69) is 63.6 Å². The normalized spacial score (nSPS) is 16.8. The van der Waals surface area contributed by atoms with E-state index in [0.29, 0.717) is 46.3 Å². The Bertz CT molecular complexity index is 1690. The largest absolute Gasteiger partial charge is 0.383 e. The molecule has 2 aromatic carbocycles. The van der Waals surface area contributed by atoms with Gasteiger partial charge >= 0.3 is 0 Å². The Labute approximate surface area is 239 Å². The molecule has 0 spiro atoms. The Morgan fingerprint density at radius 2 is 1.98 bits per heavy atom. The molecule has 0 saturated heterocycles. The van der Waals surface area contributed by atoms with E-state index in [1.165, 1.54) is 12.1 Å². The Balaban J connectivity index is 1.53. The highest BCUT2D eigenvalue weighted by Crippen LogP contribution is 2.38. The first-order chi connectivity index (χ1) is 20.1. The SMILES string of the molecule is [2H][C@](Nc1cc(-c2ccnnc2)c2ncc(C#N)c(NCC(C)(C)C)c2c1)(C1=CN(C2CC2)NN1)c1ccc(F)cc1. The van der Waals surface area contributed by atoms with Crippen LogP contribution in [0.25, 0.3) is 22.0 Å². The molecular weight excluding hydrogens is 517 g/mol. The molecule has 0 amide bonds. The predicted molar refractivity (Wildman–Crippen MR) is 157 cm³/mol. The molecule has 0 unspecified atom stereocenters. The van der Waals surface area contributed by atoms with Gasteiger partial charge in [-0.2, -0.15) is 15.5 Å². The molecule has 1 atom stereocenters. The average molecular weight is 551 g/mol. The molecule has 1 saturated carbocycles. The smallest absolute Gasteiger partial charge is 0.123 e. The zero-order chi connectivity index (χ0) is 29.5. The van der Waals surface area contributed by atoms with Gasteiger partial charge in [-0.05, 0) is 54.2 Å². The highest BCUT2D eigenvalue weighted by atomic mass is 19.1. The number of rotatable bonds is 8. The van der Waals surface area contributed by atoms with E-state index < -0.39 is 6.02 Å². The minimum Gasteiger partial charge on any atom is -0.383 e. The van der Waals surface area contributed by atoms with Crippen LogP contribution in [0, 0.1) is 22.6 Å². The van der Waals surface area contributed by atoms with Crippen LogP contribution in [0.5, 0.6) is 0 Å². The number of nitrogens with one attached hydrogen (secondary N) is 4. The third-order valence-electron chi connectivity index (χ3n) is 6.98. The lowest BCUT2D eigenvalue weighted by molar-refractivity contribution is 0.260. The van der Waals surface area contributed by atoms with E-state index in [4.69, 9.17) is 0 Å². The van der Waals surface area contributed by atoms with Crippen LogP contribution in [0.4, 0.5) is 15.8 Å². The molecule has 1 fully saturated rings. The van der Waals surface area contributed by atoms with Crippen molar-refractivity contribution in [3.05, 3.63) is 89.9 Å². The van der Waals surface area contributed by atoms with Crippen LogP contribution >= 0.6 is 0 Å². The lowest BCUT2D eigenvalue weighted by Crippen LogP contribution is -2.38. The molecule has 1 aliphatic carbocycles. The van der Waals surface area contributed by atoms with Crippen molar-refractivity contribution >= 4 is 22.3 Å². The van der Waals surface area contributed by atoms with Crippen LogP contribution in [0.15, 0.2) is 73.0 Å². The van der Waals surface area contributed by atoms with E-state index in [9.17, 15) is 11.0 Å². The predicted octanol–water partition coefficient (Wildman–Crippen LogP) is 5.64. The van der Waals surface area contributed by atoms with E-state index in [1.807, 2.05) is 29.4 Å². The number of hydrogen-bond acceptors (Lipinski definition) is 9. The molecule has 6 rings (SSSR count). The molecule has 4 aromatic rings. The van der Waals surface area contributed by atoms with Crippen LogP contribution < -0.4 is 21.6 Å². The molecule has 9 nitrogen and oxygen atoms in total. The number of nitrogens with zero attached hydrogens (tertiary/aromatic N) is 5. The Morgan fingerprint density at radius 1 is 1.17 bits per heavy atom. The first kappa shape index (κ1) is 25.2. The zero-order valence-corrected chi connectivity index (χ0v) is 23.2. The summed E-state index contributed by atoms with van der Waals surface area (Å²) < 4.78 is 23.7. The fourth-order valence-electron chi connectivity index (χ4n) is 4.73. The quantitative estimate of drug-likeness (QED) is 0.221. The number of benzene rings is 2. The molecule has 0 bridgehead atoms. The van der Waals surface area contributed by atoms with Gasteiger partial charge in [0.05, 0.1) is 42.2 Å². The summed E-state index contributed by atoms with van der Waals surface area (Å²) in [7, 11) is 0. The van der Waals surface area contributed by atoms with E-state index in [-0.39, 0.29) is 11.2 Å². The minimum atomic E-state index is -1.52. The van der Waals surface area contributed by atoms with Gasteiger partial charge in [-0.3, -0.25) is 9.99 Å². The van der Waals surface area contributed by atoms with Crippen LogP contribution in [-0.4, -0.2) is 32.8 Å².